The van der Waals surface area contributed by atoms with E-state index in [1.807, 2.05) is 0 Å². The number of amides is 1. The van der Waals surface area contributed by atoms with Crippen LogP contribution in [0.1, 0.15) is 42.7 Å². The molecule has 0 saturated heterocycles. The molecule has 0 aliphatic heterocycles. The maximum Gasteiger partial charge on any atom is 0.329 e. The maximum atomic E-state index is 12.0. The van der Waals surface area contributed by atoms with Gasteiger partial charge in [0.15, 0.2) is 0 Å². The molecule has 1 saturated carbocycles. The summed E-state index contributed by atoms with van der Waals surface area (Å²) < 4.78 is 4.99. The molecule has 1 aliphatic rings. The summed E-state index contributed by atoms with van der Waals surface area (Å²) in [5.41, 5.74) is 0.315. The van der Waals surface area contributed by atoms with Crippen LogP contribution in [0.5, 0.6) is 0 Å². The van der Waals surface area contributed by atoms with E-state index in [1.54, 1.807) is 13.8 Å². The fourth-order valence-corrected chi connectivity index (χ4v) is 2.60. The summed E-state index contributed by atoms with van der Waals surface area (Å²) >= 11 is 0. The van der Waals surface area contributed by atoms with Crippen LogP contribution in [0.25, 0.3) is 0 Å². The molecule has 6 heteroatoms. The molecule has 0 atom stereocenters. The Morgan fingerprint density at radius 1 is 1.37 bits per heavy atom. The molecule has 1 aromatic heterocycles. The summed E-state index contributed by atoms with van der Waals surface area (Å²) in [6.45, 7) is 3.51. The van der Waals surface area contributed by atoms with Crippen molar-refractivity contribution in [3.05, 3.63) is 17.0 Å². The van der Waals surface area contributed by atoms with Crippen LogP contribution >= 0.6 is 0 Å². The number of aryl methyl sites for hydroxylation is 2. The van der Waals surface area contributed by atoms with E-state index < -0.39 is 11.5 Å². The smallest absolute Gasteiger partial charge is 0.329 e. The molecule has 0 radical (unpaired) electrons. The van der Waals surface area contributed by atoms with Gasteiger partial charge in [0.2, 0.25) is 5.91 Å². The SMILES string of the molecule is Cc1noc(C)c1CC(=O)NC1(C(=O)O)CCCC1. The van der Waals surface area contributed by atoms with Crippen molar-refractivity contribution in [1.29, 1.82) is 0 Å². The number of rotatable bonds is 4. The predicted molar refractivity (Wildman–Crippen MR) is 66.7 cm³/mol. The second-order valence-electron chi connectivity index (χ2n) is 5.12. The number of aliphatic carboxylic acids is 1. The summed E-state index contributed by atoms with van der Waals surface area (Å²) in [7, 11) is 0. The summed E-state index contributed by atoms with van der Waals surface area (Å²) in [5, 5.41) is 15.8. The highest BCUT2D eigenvalue weighted by atomic mass is 16.5. The Kier molecular flexibility index (Phi) is 3.59. The van der Waals surface area contributed by atoms with Crippen molar-refractivity contribution < 1.29 is 19.2 Å². The normalized spacial score (nSPS) is 17.4. The molecule has 1 aliphatic carbocycles. The first-order valence-corrected chi connectivity index (χ1v) is 6.41. The van der Waals surface area contributed by atoms with Gasteiger partial charge in [-0.15, -0.1) is 0 Å². The Morgan fingerprint density at radius 2 is 2.00 bits per heavy atom. The Labute approximate surface area is 111 Å². The van der Waals surface area contributed by atoms with E-state index in [4.69, 9.17) is 4.52 Å². The van der Waals surface area contributed by atoms with Crippen molar-refractivity contribution >= 4 is 11.9 Å². The fraction of sp³-hybridized carbons (Fsp3) is 0.615. The molecule has 1 amide bonds. The van der Waals surface area contributed by atoms with Crippen molar-refractivity contribution in [2.45, 2.75) is 51.5 Å². The van der Waals surface area contributed by atoms with Crippen molar-refractivity contribution in [2.75, 3.05) is 0 Å². The average molecular weight is 266 g/mol. The molecule has 0 bridgehead atoms. The Bertz CT molecular complexity index is 481. The number of hydrogen-bond acceptors (Lipinski definition) is 4. The number of carbonyl (C=O) groups is 2. The maximum absolute atomic E-state index is 12.0. The molecular formula is C13H18N2O4. The monoisotopic (exact) mass is 266 g/mol. The first-order chi connectivity index (χ1) is 8.94. The number of carbonyl (C=O) groups excluding carboxylic acids is 1. The first-order valence-electron chi connectivity index (χ1n) is 6.41. The molecule has 1 heterocycles. The number of aromatic nitrogens is 1. The van der Waals surface area contributed by atoms with Gasteiger partial charge in [-0.2, -0.15) is 0 Å². The van der Waals surface area contributed by atoms with Crippen molar-refractivity contribution in [2.24, 2.45) is 0 Å². The fourth-order valence-electron chi connectivity index (χ4n) is 2.60. The Balaban J connectivity index is 2.07. The van der Waals surface area contributed by atoms with Crippen LogP contribution in [0.3, 0.4) is 0 Å². The molecule has 2 rings (SSSR count). The van der Waals surface area contributed by atoms with Crippen LogP contribution in [0.4, 0.5) is 0 Å². The highest BCUT2D eigenvalue weighted by Crippen LogP contribution is 2.30. The summed E-state index contributed by atoms with van der Waals surface area (Å²) in [6, 6.07) is 0. The lowest BCUT2D eigenvalue weighted by molar-refractivity contribution is -0.147. The van der Waals surface area contributed by atoms with Crippen LogP contribution in [-0.4, -0.2) is 27.7 Å². The van der Waals surface area contributed by atoms with Crippen LogP contribution in [0.2, 0.25) is 0 Å². The second kappa shape index (κ2) is 5.03. The largest absolute Gasteiger partial charge is 0.480 e. The molecule has 0 unspecified atom stereocenters. The van der Waals surface area contributed by atoms with Gasteiger partial charge in [-0.05, 0) is 26.7 Å². The number of carboxylic acid groups (broad SMARTS) is 1. The van der Waals surface area contributed by atoms with E-state index >= 15 is 0 Å². The highest BCUT2D eigenvalue weighted by Gasteiger charge is 2.42. The van der Waals surface area contributed by atoms with E-state index in [-0.39, 0.29) is 12.3 Å². The van der Waals surface area contributed by atoms with Gasteiger partial charge in [-0.25, -0.2) is 4.79 Å². The van der Waals surface area contributed by atoms with Gasteiger partial charge in [0.1, 0.15) is 11.3 Å². The minimum absolute atomic E-state index is 0.107. The summed E-state index contributed by atoms with van der Waals surface area (Å²) in [4.78, 5) is 23.4. The van der Waals surface area contributed by atoms with Gasteiger partial charge in [0.05, 0.1) is 12.1 Å². The predicted octanol–water partition coefficient (Wildman–Crippen LogP) is 1.35. The van der Waals surface area contributed by atoms with E-state index in [0.29, 0.717) is 24.3 Å². The lowest BCUT2D eigenvalue weighted by atomic mass is 9.97. The topological polar surface area (TPSA) is 92.4 Å². The number of carboxylic acids is 1. The molecule has 19 heavy (non-hydrogen) atoms. The Morgan fingerprint density at radius 3 is 2.47 bits per heavy atom. The van der Waals surface area contributed by atoms with Crippen LogP contribution in [-0.2, 0) is 16.0 Å². The molecule has 104 valence electrons. The molecule has 0 aromatic carbocycles. The van der Waals surface area contributed by atoms with Gasteiger partial charge in [-0.1, -0.05) is 18.0 Å². The lowest BCUT2D eigenvalue weighted by Gasteiger charge is -2.25. The molecule has 6 nitrogen and oxygen atoms in total. The minimum Gasteiger partial charge on any atom is -0.480 e. The van der Waals surface area contributed by atoms with Crippen LogP contribution < -0.4 is 5.32 Å². The second-order valence-corrected chi connectivity index (χ2v) is 5.12. The minimum atomic E-state index is -1.09. The van der Waals surface area contributed by atoms with E-state index in [9.17, 15) is 14.7 Å². The van der Waals surface area contributed by atoms with Crippen LogP contribution in [0, 0.1) is 13.8 Å². The van der Waals surface area contributed by atoms with E-state index in [0.717, 1.165) is 18.4 Å². The zero-order valence-corrected chi connectivity index (χ0v) is 11.2. The average Bonchev–Trinajstić information content (AvgIpc) is 2.92. The van der Waals surface area contributed by atoms with Gasteiger partial charge in [-0.3, -0.25) is 4.79 Å². The standard InChI is InChI=1S/C13H18N2O4/c1-8-10(9(2)19-15-8)7-11(16)14-13(12(17)18)5-3-4-6-13/h3-7H2,1-2H3,(H,14,16)(H,17,18). The van der Waals surface area contributed by atoms with Gasteiger partial charge >= 0.3 is 5.97 Å². The quantitative estimate of drug-likeness (QED) is 0.858. The zero-order chi connectivity index (χ0) is 14.0. The van der Waals surface area contributed by atoms with E-state index in [1.165, 1.54) is 0 Å². The van der Waals surface area contributed by atoms with Crippen molar-refractivity contribution in [3.63, 3.8) is 0 Å². The molecule has 0 spiro atoms. The number of nitrogens with one attached hydrogen (secondary N) is 1. The highest BCUT2D eigenvalue weighted by molar-refractivity contribution is 5.88. The Hall–Kier alpha value is -1.85. The molecular weight excluding hydrogens is 248 g/mol. The van der Waals surface area contributed by atoms with Crippen LogP contribution in [0.15, 0.2) is 4.52 Å². The third kappa shape index (κ3) is 2.62. The van der Waals surface area contributed by atoms with Crippen molar-refractivity contribution in [1.82, 2.24) is 10.5 Å². The third-order valence-corrected chi connectivity index (χ3v) is 3.76. The summed E-state index contributed by atoms with van der Waals surface area (Å²) in [5.74, 6) is -0.640. The zero-order valence-electron chi connectivity index (χ0n) is 11.2. The van der Waals surface area contributed by atoms with Crippen molar-refractivity contribution in [3.8, 4) is 0 Å². The van der Waals surface area contributed by atoms with Gasteiger partial charge < -0.3 is 14.9 Å². The number of hydrogen-bond donors (Lipinski definition) is 2. The lowest BCUT2D eigenvalue weighted by Crippen LogP contribution is -2.53. The van der Waals surface area contributed by atoms with E-state index in [2.05, 4.69) is 10.5 Å². The third-order valence-electron chi connectivity index (χ3n) is 3.76. The van der Waals surface area contributed by atoms with Gasteiger partial charge in [0, 0.05) is 5.56 Å². The first kappa shape index (κ1) is 13.6. The molecule has 2 N–H and O–H groups in total. The summed E-state index contributed by atoms with van der Waals surface area (Å²) in [6.07, 6.45) is 2.76. The van der Waals surface area contributed by atoms with Gasteiger partial charge in [0.25, 0.3) is 0 Å². The number of nitrogens with zero attached hydrogens (tertiary/aromatic N) is 1. The molecule has 1 aromatic rings. The molecule has 1 fully saturated rings.